The molecule has 76 valence electrons. The van der Waals surface area contributed by atoms with Crippen LogP contribution in [0.5, 0.6) is 0 Å². The van der Waals surface area contributed by atoms with Gasteiger partial charge in [0, 0.05) is 17.2 Å². The van der Waals surface area contributed by atoms with Gasteiger partial charge >= 0.3 is 0 Å². The number of nitrogens with two attached hydrogens (primary N) is 1. The SMILES string of the molecule is C=C(C(N)=O)C(CC)NC(C)(C)C. The molecule has 0 rings (SSSR count). The van der Waals surface area contributed by atoms with Gasteiger partial charge in [0.25, 0.3) is 0 Å². The Bertz CT molecular complexity index is 203. The number of hydrogen-bond acceptors (Lipinski definition) is 2. The van der Waals surface area contributed by atoms with Crippen molar-refractivity contribution in [1.82, 2.24) is 5.32 Å². The van der Waals surface area contributed by atoms with E-state index in [0.717, 1.165) is 6.42 Å². The Morgan fingerprint density at radius 3 is 2.23 bits per heavy atom. The van der Waals surface area contributed by atoms with Crippen molar-refractivity contribution >= 4 is 5.91 Å². The Labute approximate surface area is 80.4 Å². The molecule has 0 radical (unpaired) electrons. The van der Waals surface area contributed by atoms with E-state index in [4.69, 9.17) is 5.73 Å². The van der Waals surface area contributed by atoms with E-state index in [1.807, 2.05) is 27.7 Å². The quantitative estimate of drug-likeness (QED) is 0.645. The van der Waals surface area contributed by atoms with Gasteiger partial charge in [0.1, 0.15) is 0 Å². The van der Waals surface area contributed by atoms with E-state index in [-0.39, 0.29) is 11.6 Å². The number of hydrogen-bond donors (Lipinski definition) is 2. The molecule has 1 amide bonds. The smallest absolute Gasteiger partial charge is 0.245 e. The zero-order chi connectivity index (χ0) is 10.6. The van der Waals surface area contributed by atoms with Gasteiger partial charge in [-0.2, -0.15) is 0 Å². The Balaban J connectivity index is 4.36. The zero-order valence-corrected chi connectivity index (χ0v) is 8.98. The molecule has 0 saturated carbocycles. The average Bonchev–Trinajstić information content (AvgIpc) is 1.97. The second-order valence-corrected chi connectivity index (χ2v) is 4.24. The lowest BCUT2D eigenvalue weighted by Crippen LogP contribution is -2.46. The maximum atomic E-state index is 10.9. The summed E-state index contributed by atoms with van der Waals surface area (Å²) in [6, 6.07) is -0.0162. The highest BCUT2D eigenvalue weighted by Crippen LogP contribution is 2.09. The van der Waals surface area contributed by atoms with Crippen LogP contribution in [0.25, 0.3) is 0 Å². The van der Waals surface area contributed by atoms with Crippen LogP contribution in [-0.4, -0.2) is 17.5 Å². The van der Waals surface area contributed by atoms with Gasteiger partial charge in [-0.25, -0.2) is 0 Å². The highest BCUT2D eigenvalue weighted by atomic mass is 16.1. The summed E-state index contributed by atoms with van der Waals surface area (Å²) in [7, 11) is 0. The van der Waals surface area contributed by atoms with Gasteiger partial charge in [0.15, 0.2) is 0 Å². The molecule has 0 aromatic heterocycles. The van der Waals surface area contributed by atoms with E-state index in [2.05, 4.69) is 11.9 Å². The third-order valence-electron chi connectivity index (χ3n) is 1.75. The van der Waals surface area contributed by atoms with Crippen molar-refractivity contribution in [1.29, 1.82) is 0 Å². The summed E-state index contributed by atoms with van der Waals surface area (Å²) in [6.45, 7) is 11.8. The van der Waals surface area contributed by atoms with Crippen LogP contribution >= 0.6 is 0 Å². The molecule has 0 bridgehead atoms. The molecule has 0 aromatic carbocycles. The molecular weight excluding hydrogens is 164 g/mol. The van der Waals surface area contributed by atoms with E-state index in [1.54, 1.807) is 0 Å². The van der Waals surface area contributed by atoms with Gasteiger partial charge in [-0.05, 0) is 27.2 Å². The molecule has 0 fully saturated rings. The van der Waals surface area contributed by atoms with Crippen molar-refractivity contribution in [3.8, 4) is 0 Å². The summed E-state index contributed by atoms with van der Waals surface area (Å²) in [5.74, 6) is -0.427. The van der Waals surface area contributed by atoms with Crippen molar-refractivity contribution in [2.75, 3.05) is 0 Å². The fourth-order valence-corrected chi connectivity index (χ4v) is 1.13. The van der Waals surface area contributed by atoms with Gasteiger partial charge < -0.3 is 11.1 Å². The van der Waals surface area contributed by atoms with E-state index < -0.39 is 5.91 Å². The van der Waals surface area contributed by atoms with Crippen LogP contribution < -0.4 is 11.1 Å². The van der Waals surface area contributed by atoms with Crippen LogP contribution in [0.2, 0.25) is 0 Å². The van der Waals surface area contributed by atoms with Crippen LogP contribution in [0.1, 0.15) is 34.1 Å². The van der Waals surface area contributed by atoms with Crippen molar-refractivity contribution in [2.24, 2.45) is 5.73 Å². The first kappa shape index (κ1) is 12.2. The van der Waals surface area contributed by atoms with Crippen LogP contribution in [0.4, 0.5) is 0 Å². The molecular formula is C10H20N2O. The van der Waals surface area contributed by atoms with E-state index in [1.165, 1.54) is 0 Å². The Kier molecular flexibility index (Phi) is 4.14. The third kappa shape index (κ3) is 4.68. The summed E-state index contributed by atoms with van der Waals surface area (Å²) >= 11 is 0. The summed E-state index contributed by atoms with van der Waals surface area (Å²) in [5, 5.41) is 3.29. The largest absolute Gasteiger partial charge is 0.366 e. The van der Waals surface area contributed by atoms with Gasteiger partial charge in [-0.1, -0.05) is 13.5 Å². The summed E-state index contributed by atoms with van der Waals surface area (Å²) in [4.78, 5) is 10.9. The maximum Gasteiger partial charge on any atom is 0.245 e. The molecule has 13 heavy (non-hydrogen) atoms. The van der Waals surface area contributed by atoms with Crippen LogP contribution in [0.3, 0.4) is 0 Å². The van der Waals surface area contributed by atoms with Crippen LogP contribution in [-0.2, 0) is 4.79 Å². The summed E-state index contributed by atoms with van der Waals surface area (Å²) in [6.07, 6.45) is 0.818. The van der Waals surface area contributed by atoms with Crippen molar-refractivity contribution in [3.63, 3.8) is 0 Å². The molecule has 3 nitrogen and oxygen atoms in total. The molecule has 0 saturated heterocycles. The molecule has 3 heteroatoms. The van der Waals surface area contributed by atoms with E-state index in [0.29, 0.717) is 5.57 Å². The molecule has 3 N–H and O–H groups in total. The number of carbonyl (C=O) groups excluding carboxylic acids is 1. The topological polar surface area (TPSA) is 55.1 Å². The highest BCUT2D eigenvalue weighted by molar-refractivity contribution is 5.92. The van der Waals surface area contributed by atoms with Gasteiger partial charge in [-0.15, -0.1) is 0 Å². The molecule has 0 aromatic rings. The van der Waals surface area contributed by atoms with Gasteiger partial charge in [0.2, 0.25) is 5.91 Å². The number of rotatable bonds is 4. The zero-order valence-electron chi connectivity index (χ0n) is 8.98. The Morgan fingerprint density at radius 1 is 1.54 bits per heavy atom. The van der Waals surface area contributed by atoms with E-state index >= 15 is 0 Å². The van der Waals surface area contributed by atoms with Crippen molar-refractivity contribution in [2.45, 2.75) is 45.7 Å². The van der Waals surface area contributed by atoms with Crippen LogP contribution in [0.15, 0.2) is 12.2 Å². The molecule has 1 atom stereocenters. The molecule has 0 heterocycles. The minimum atomic E-state index is -0.427. The fraction of sp³-hybridized carbons (Fsp3) is 0.700. The fourth-order valence-electron chi connectivity index (χ4n) is 1.13. The van der Waals surface area contributed by atoms with Crippen molar-refractivity contribution < 1.29 is 4.79 Å². The molecule has 0 aliphatic heterocycles. The molecule has 0 aliphatic carbocycles. The second kappa shape index (κ2) is 4.42. The summed E-state index contributed by atoms with van der Waals surface area (Å²) < 4.78 is 0. The molecule has 1 unspecified atom stereocenters. The van der Waals surface area contributed by atoms with Crippen molar-refractivity contribution in [3.05, 3.63) is 12.2 Å². The number of nitrogens with one attached hydrogen (secondary N) is 1. The minimum Gasteiger partial charge on any atom is -0.366 e. The summed E-state index contributed by atoms with van der Waals surface area (Å²) in [5.41, 5.74) is 5.58. The second-order valence-electron chi connectivity index (χ2n) is 4.24. The number of amides is 1. The first-order chi connectivity index (χ1) is 5.78. The number of carbonyl (C=O) groups is 1. The monoisotopic (exact) mass is 184 g/mol. The molecule has 0 aliphatic rings. The average molecular weight is 184 g/mol. The van der Waals surface area contributed by atoms with Gasteiger partial charge in [0.05, 0.1) is 0 Å². The lowest BCUT2D eigenvalue weighted by molar-refractivity contribution is -0.114. The van der Waals surface area contributed by atoms with Gasteiger partial charge in [-0.3, -0.25) is 4.79 Å². The lowest BCUT2D eigenvalue weighted by Gasteiger charge is -2.28. The lowest BCUT2D eigenvalue weighted by atomic mass is 10.0. The maximum absolute atomic E-state index is 10.9. The Morgan fingerprint density at radius 2 is 2.00 bits per heavy atom. The number of primary amides is 1. The first-order valence-electron chi connectivity index (χ1n) is 4.54. The predicted octanol–water partition coefficient (Wildman–Crippen LogP) is 1.19. The minimum absolute atomic E-state index is 0.0162. The standard InChI is InChI=1S/C10H20N2O/c1-6-8(7(2)9(11)13)12-10(3,4)5/h8,12H,2,6H2,1,3-5H3,(H2,11,13). The predicted molar refractivity (Wildman–Crippen MR) is 55.3 cm³/mol. The van der Waals surface area contributed by atoms with E-state index in [9.17, 15) is 4.79 Å². The Hall–Kier alpha value is -0.830. The molecule has 0 spiro atoms. The highest BCUT2D eigenvalue weighted by Gasteiger charge is 2.20. The normalized spacial score (nSPS) is 13.8. The van der Waals surface area contributed by atoms with Crippen LogP contribution in [0, 0.1) is 0 Å². The third-order valence-corrected chi connectivity index (χ3v) is 1.75. The first-order valence-corrected chi connectivity index (χ1v) is 4.54.